The maximum absolute atomic E-state index is 6.65. The van der Waals surface area contributed by atoms with E-state index in [9.17, 15) is 0 Å². The van der Waals surface area contributed by atoms with Crippen molar-refractivity contribution in [1.82, 2.24) is 0 Å². The summed E-state index contributed by atoms with van der Waals surface area (Å²) in [5.74, 6) is 0. The van der Waals surface area contributed by atoms with Crippen LogP contribution in [0.4, 0.5) is 0 Å². The highest BCUT2D eigenvalue weighted by molar-refractivity contribution is 7.14. The lowest BCUT2D eigenvalue weighted by molar-refractivity contribution is 0.996. The largest absolute Gasteiger partial charge is 0.0983 e. The first kappa shape index (κ1) is 39.1. The lowest BCUT2D eigenvalue weighted by atomic mass is 10.1. The van der Waals surface area contributed by atoms with Gasteiger partial charge >= 0.3 is 0 Å². The summed E-state index contributed by atoms with van der Waals surface area (Å²) in [4.78, 5) is 0. The lowest BCUT2D eigenvalue weighted by Gasteiger charge is -2.60. The molecule has 0 bridgehead atoms. The normalized spacial score (nSPS) is 15.6. The van der Waals surface area contributed by atoms with E-state index in [1.165, 1.54) is 0 Å². The molecule has 0 saturated heterocycles. The molecule has 0 atom stereocenters. The molecule has 0 N–H and O–H groups in total. The van der Waals surface area contributed by atoms with Crippen LogP contribution in [0.2, 0.25) is 137 Å². The molecule has 0 amide bonds. The summed E-state index contributed by atoms with van der Waals surface area (Å²) in [6, 6.07) is 5.74. The summed E-state index contributed by atoms with van der Waals surface area (Å²) in [5.41, 5.74) is 5.28. The number of benzene rings is 1. The van der Waals surface area contributed by atoms with Crippen molar-refractivity contribution >= 4 is 87.6 Å². The SMILES string of the molecule is C[Si](C)(C)C(c1cc(C([Si](C)(C)C)([Si](C)(C)C)[Si](C)(C)C)cc(C([Si](C)(C)C)[Si](C)(C)C)c1[Si]=CCl)[Si](C)(C)C. The zero-order chi connectivity index (χ0) is 32.3. The molecule has 0 nitrogen and oxygen atoms in total. The van der Waals surface area contributed by atoms with Gasteiger partial charge in [-0.2, -0.15) is 0 Å². The van der Waals surface area contributed by atoms with Crippen LogP contribution < -0.4 is 5.19 Å². The maximum atomic E-state index is 6.65. The lowest BCUT2D eigenvalue weighted by Crippen LogP contribution is -2.74. The van der Waals surface area contributed by atoms with E-state index in [4.69, 9.17) is 11.6 Å². The van der Waals surface area contributed by atoms with E-state index in [0.29, 0.717) is 13.4 Å². The molecule has 0 aromatic heterocycles. The van der Waals surface area contributed by atoms with Crippen LogP contribution in [0, 0.1) is 0 Å². The Bertz CT molecular complexity index is 943. The highest BCUT2D eigenvalue weighted by Crippen LogP contribution is 2.51. The van der Waals surface area contributed by atoms with Crippen LogP contribution in [0.25, 0.3) is 0 Å². The Hall–Kier alpha value is 1.12. The smallest absolute Gasteiger partial charge is 0.0749 e. The highest BCUT2D eigenvalue weighted by atomic mass is 35.5. The standard InChI is InChI=1S/C31H68ClSi8/c1-34(2,3)29(35(4,5)6)26-22-25(31(38(13,14)15,39(16,17)18)40(19,20)21)23-27(28(26)33-24-32)30(36(7,8)9)37(10,11)12/h22-24,29-30H,1-21H3. The Morgan fingerprint density at radius 3 is 0.950 bits per heavy atom. The topological polar surface area (TPSA) is 0 Å². The van der Waals surface area contributed by atoms with Gasteiger partial charge in [0.15, 0.2) is 0 Å². The number of hydrogen-bond donors (Lipinski definition) is 0. The van der Waals surface area contributed by atoms with Crippen molar-refractivity contribution < 1.29 is 0 Å². The van der Waals surface area contributed by atoms with E-state index < -0.39 is 56.5 Å². The Labute approximate surface area is 266 Å². The first-order valence-corrected chi connectivity index (χ1v) is 42.0. The van der Waals surface area contributed by atoms with E-state index in [2.05, 4.69) is 150 Å². The Morgan fingerprint density at radius 1 is 0.525 bits per heavy atom. The highest BCUT2D eigenvalue weighted by Gasteiger charge is 2.61. The minimum absolute atomic E-state index is 0.385. The molecular weight excluding hydrogens is 632 g/mol. The number of hydrogen-bond acceptors (Lipinski definition) is 0. The first-order chi connectivity index (χ1) is 17.3. The fourth-order valence-corrected chi connectivity index (χ4v) is 68.0. The minimum Gasteiger partial charge on any atom is -0.0983 e. The second kappa shape index (κ2) is 12.1. The van der Waals surface area contributed by atoms with E-state index in [0.717, 1.165) is 10.3 Å². The van der Waals surface area contributed by atoms with Gasteiger partial charge in [-0.15, -0.1) is 0 Å². The summed E-state index contributed by atoms with van der Waals surface area (Å²) >= 11 is 6.65. The monoisotopic (exact) mass is 699 g/mol. The van der Waals surface area contributed by atoms with Crippen LogP contribution in [0.15, 0.2) is 12.1 Å². The third kappa shape index (κ3) is 7.84. The average Bonchev–Trinajstić information content (AvgIpc) is 2.55. The van der Waals surface area contributed by atoms with E-state index in [1.54, 1.807) is 21.9 Å². The molecule has 0 aliphatic heterocycles. The van der Waals surface area contributed by atoms with Crippen molar-refractivity contribution in [2.75, 3.05) is 0 Å². The summed E-state index contributed by atoms with van der Waals surface area (Å²) in [7, 11) is -10.5. The summed E-state index contributed by atoms with van der Waals surface area (Å²) in [5, 5.41) is 5.11. The quantitative estimate of drug-likeness (QED) is 0.202. The van der Waals surface area contributed by atoms with Crippen molar-refractivity contribution in [1.29, 1.82) is 0 Å². The summed E-state index contributed by atoms with van der Waals surface area (Å²) in [6.07, 6.45) is 0. The van der Waals surface area contributed by atoms with Gasteiger partial charge in [0.1, 0.15) is 0 Å². The van der Waals surface area contributed by atoms with Crippen molar-refractivity contribution in [3.8, 4) is 0 Å². The predicted octanol–water partition coefficient (Wildman–Crippen LogP) is 10.6. The zero-order valence-corrected chi connectivity index (χ0v) is 39.5. The third-order valence-corrected chi connectivity index (χ3v) is 50.3. The fourth-order valence-electron chi connectivity index (χ4n) is 10.7. The molecule has 9 heteroatoms. The van der Waals surface area contributed by atoms with Crippen LogP contribution in [0.3, 0.4) is 0 Å². The van der Waals surface area contributed by atoms with Gasteiger partial charge in [-0.1, -0.05) is 161 Å². The Kier molecular flexibility index (Phi) is 11.9. The molecule has 1 aromatic rings. The van der Waals surface area contributed by atoms with Gasteiger partial charge in [-0.3, -0.25) is 0 Å². The minimum atomic E-state index is -1.65. The fraction of sp³-hybridized carbons (Fsp3) is 0.774. The van der Waals surface area contributed by atoms with Crippen LogP contribution >= 0.6 is 11.6 Å². The van der Waals surface area contributed by atoms with E-state index in [-0.39, 0.29) is 0 Å². The van der Waals surface area contributed by atoms with Crippen LogP contribution in [0.5, 0.6) is 0 Å². The van der Waals surface area contributed by atoms with Crippen LogP contribution in [-0.4, -0.2) is 70.8 Å². The van der Waals surface area contributed by atoms with Gasteiger partial charge in [-0.05, 0) is 41.6 Å². The molecule has 40 heavy (non-hydrogen) atoms. The van der Waals surface area contributed by atoms with Gasteiger partial charge < -0.3 is 0 Å². The molecule has 0 unspecified atom stereocenters. The number of halogens is 1. The second-order valence-corrected chi connectivity index (χ2v) is 61.4. The Morgan fingerprint density at radius 2 is 0.775 bits per heavy atom. The van der Waals surface area contributed by atoms with Gasteiger partial charge in [0.05, 0.1) is 9.13 Å². The van der Waals surface area contributed by atoms with Gasteiger partial charge in [-0.25, -0.2) is 0 Å². The van der Waals surface area contributed by atoms with Crippen molar-refractivity contribution in [2.24, 2.45) is 0 Å². The van der Waals surface area contributed by atoms with Gasteiger partial charge in [0, 0.05) is 56.5 Å². The van der Waals surface area contributed by atoms with E-state index in [1.807, 2.05) is 5.13 Å². The van der Waals surface area contributed by atoms with Crippen LogP contribution in [-0.2, 0) is 4.28 Å². The van der Waals surface area contributed by atoms with Crippen molar-refractivity contribution in [2.45, 2.75) is 152 Å². The first-order valence-electron chi connectivity index (χ1n) is 15.6. The number of rotatable bonds is 11. The molecule has 0 heterocycles. The van der Waals surface area contributed by atoms with Gasteiger partial charge in [0.2, 0.25) is 0 Å². The molecule has 1 rings (SSSR count). The third-order valence-electron chi connectivity index (χ3n) is 9.29. The average molecular weight is 701 g/mol. The molecule has 0 aliphatic rings. The molecule has 231 valence electrons. The molecule has 0 spiro atoms. The van der Waals surface area contributed by atoms with E-state index >= 15 is 0 Å². The van der Waals surface area contributed by atoms with Crippen LogP contribution in [0.1, 0.15) is 27.0 Å². The summed E-state index contributed by atoms with van der Waals surface area (Å²) < 4.78 is 0.385. The second-order valence-electron chi connectivity index (χ2n) is 20.1. The molecular formula is C31H68ClSi8. The predicted molar refractivity (Wildman–Crippen MR) is 214 cm³/mol. The summed E-state index contributed by atoms with van der Waals surface area (Å²) in [6.45, 7) is 56.2. The zero-order valence-electron chi connectivity index (χ0n) is 30.8. The maximum Gasteiger partial charge on any atom is 0.0749 e. The van der Waals surface area contributed by atoms with Crippen molar-refractivity contribution in [3.63, 3.8) is 0 Å². The molecule has 1 aromatic carbocycles. The molecule has 0 aliphatic carbocycles. The Balaban J connectivity index is 4.88. The van der Waals surface area contributed by atoms with Gasteiger partial charge in [0.25, 0.3) is 0 Å². The molecule has 0 fully saturated rings. The van der Waals surface area contributed by atoms with Crippen molar-refractivity contribution in [3.05, 3.63) is 28.8 Å². The molecule has 1 radical (unpaired) electrons. The molecule has 0 saturated carbocycles.